The summed E-state index contributed by atoms with van der Waals surface area (Å²) in [6.07, 6.45) is 0. The molecule has 1 aromatic heterocycles. The van der Waals surface area contributed by atoms with Gasteiger partial charge in [-0.1, -0.05) is 71.9 Å². The van der Waals surface area contributed by atoms with E-state index in [1.165, 1.54) is 23.9 Å². The average Bonchev–Trinajstić information content (AvgIpc) is 3.22. The number of halogens is 1. The van der Waals surface area contributed by atoms with Crippen molar-refractivity contribution in [2.75, 3.05) is 11.1 Å². The van der Waals surface area contributed by atoms with E-state index in [4.69, 9.17) is 11.6 Å². The molecule has 172 valence electrons. The quantitative estimate of drug-likeness (QED) is 0.195. The normalized spacial score (nSPS) is 10.8. The van der Waals surface area contributed by atoms with Gasteiger partial charge in [0.2, 0.25) is 5.91 Å². The van der Waals surface area contributed by atoms with Crippen LogP contribution in [0.15, 0.2) is 78.0 Å². The van der Waals surface area contributed by atoms with Crippen molar-refractivity contribution in [3.05, 3.63) is 99.1 Å². The van der Waals surface area contributed by atoms with Crippen molar-refractivity contribution in [3.8, 4) is 11.4 Å². The predicted octanol–water partition coefficient (Wildman–Crippen LogP) is 5.59. The summed E-state index contributed by atoms with van der Waals surface area (Å²) in [6.45, 7) is 2.28. The zero-order valence-corrected chi connectivity index (χ0v) is 19.7. The third-order valence-electron chi connectivity index (χ3n) is 5.05. The Hall–Kier alpha value is -3.69. The molecule has 0 aliphatic carbocycles. The molecule has 34 heavy (non-hydrogen) atoms. The molecule has 0 atom stereocenters. The molecule has 0 aliphatic rings. The first kappa shape index (κ1) is 23.5. The van der Waals surface area contributed by atoms with Crippen LogP contribution in [0, 0.1) is 17.0 Å². The van der Waals surface area contributed by atoms with Crippen molar-refractivity contribution in [3.63, 3.8) is 0 Å². The maximum Gasteiger partial charge on any atom is 0.271 e. The van der Waals surface area contributed by atoms with E-state index >= 15 is 0 Å². The van der Waals surface area contributed by atoms with Crippen molar-refractivity contribution in [2.24, 2.45) is 0 Å². The zero-order chi connectivity index (χ0) is 24.1. The van der Waals surface area contributed by atoms with Crippen LogP contribution < -0.4 is 5.32 Å². The lowest BCUT2D eigenvalue weighted by Crippen LogP contribution is -2.15. The summed E-state index contributed by atoms with van der Waals surface area (Å²) in [6, 6.07) is 21.6. The molecule has 1 N–H and O–H groups in total. The zero-order valence-electron chi connectivity index (χ0n) is 18.1. The molecule has 0 saturated carbocycles. The van der Waals surface area contributed by atoms with Gasteiger partial charge in [-0.3, -0.25) is 19.5 Å². The highest BCUT2D eigenvalue weighted by Gasteiger charge is 2.18. The number of nitrogens with zero attached hydrogens (tertiary/aromatic N) is 4. The Labute approximate surface area is 205 Å². The van der Waals surface area contributed by atoms with Crippen LogP contribution in [0.2, 0.25) is 5.02 Å². The smallest absolute Gasteiger partial charge is 0.271 e. The number of aryl methyl sites for hydroxylation is 1. The summed E-state index contributed by atoms with van der Waals surface area (Å²) in [7, 11) is 0. The molecule has 8 nitrogen and oxygen atoms in total. The minimum absolute atomic E-state index is 0.0532. The summed E-state index contributed by atoms with van der Waals surface area (Å²) < 4.78 is 1.92. The number of anilines is 1. The molecule has 0 unspecified atom stereocenters. The van der Waals surface area contributed by atoms with Gasteiger partial charge >= 0.3 is 0 Å². The van der Waals surface area contributed by atoms with Crippen LogP contribution in [-0.4, -0.2) is 31.3 Å². The van der Waals surface area contributed by atoms with Crippen LogP contribution in [0.1, 0.15) is 11.1 Å². The molecule has 0 fully saturated rings. The Morgan fingerprint density at radius 3 is 2.56 bits per heavy atom. The van der Waals surface area contributed by atoms with E-state index in [2.05, 4.69) is 15.5 Å². The first-order chi connectivity index (χ1) is 16.4. The Bertz CT molecular complexity index is 1340. The minimum Gasteiger partial charge on any atom is -0.325 e. The van der Waals surface area contributed by atoms with Crippen molar-refractivity contribution < 1.29 is 9.72 Å². The minimum atomic E-state index is -0.494. The fraction of sp³-hybridized carbons (Fsp3) is 0.125. The molecule has 3 aromatic carbocycles. The number of carbonyl (C=O) groups excluding carboxylic acids is 1. The third-order valence-corrected chi connectivity index (χ3v) is 6.35. The number of benzene rings is 3. The summed E-state index contributed by atoms with van der Waals surface area (Å²) in [5, 5.41) is 23.6. The third kappa shape index (κ3) is 5.44. The van der Waals surface area contributed by atoms with Crippen LogP contribution in [0.5, 0.6) is 0 Å². The van der Waals surface area contributed by atoms with Gasteiger partial charge in [0.1, 0.15) is 0 Å². The monoisotopic (exact) mass is 493 g/mol. The van der Waals surface area contributed by atoms with Gasteiger partial charge in [0.25, 0.3) is 5.69 Å². The van der Waals surface area contributed by atoms with Crippen molar-refractivity contribution >= 4 is 40.6 Å². The van der Waals surface area contributed by atoms with E-state index in [9.17, 15) is 14.9 Å². The topological polar surface area (TPSA) is 103 Å². The number of nitrogens with one attached hydrogen (secondary N) is 1. The highest BCUT2D eigenvalue weighted by molar-refractivity contribution is 7.99. The molecule has 0 saturated heterocycles. The van der Waals surface area contributed by atoms with Gasteiger partial charge in [-0.15, -0.1) is 10.2 Å². The number of hydrogen-bond donors (Lipinski definition) is 1. The number of thioether (sulfide) groups is 1. The lowest BCUT2D eigenvalue weighted by Gasteiger charge is -2.12. The van der Waals surface area contributed by atoms with Crippen LogP contribution in [0.3, 0.4) is 0 Å². The summed E-state index contributed by atoms with van der Waals surface area (Å²) in [5.41, 5.74) is 2.85. The first-order valence-electron chi connectivity index (χ1n) is 10.3. The van der Waals surface area contributed by atoms with Crippen LogP contribution in [-0.2, 0) is 11.3 Å². The van der Waals surface area contributed by atoms with Crippen molar-refractivity contribution in [2.45, 2.75) is 18.6 Å². The predicted molar refractivity (Wildman–Crippen MR) is 133 cm³/mol. The van der Waals surface area contributed by atoms with E-state index < -0.39 is 4.92 Å². The second-order valence-electron chi connectivity index (χ2n) is 7.45. The second kappa shape index (κ2) is 10.5. The maximum absolute atomic E-state index is 12.6. The van der Waals surface area contributed by atoms with Gasteiger partial charge in [-0.2, -0.15) is 0 Å². The molecular formula is C24H20ClN5O3S. The van der Waals surface area contributed by atoms with Gasteiger partial charge in [0.15, 0.2) is 11.0 Å². The van der Waals surface area contributed by atoms with Gasteiger partial charge < -0.3 is 5.32 Å². The molecule has 4 aromatic rings. The molecule has 10 heteroatoms. The van der Waals surface area contributed by atoms with E-state index in [0.29, 0.717) is 28.2 Å². The highest BCUT2D eigenvalue weighted by atomic mass is 35.5. The maximum atomic E-state index is 12.6. The highest BCUT2D eigenvalue weighted by Crippen LogP contribution is 2.30. The SMILES string of the molecule is Cc1ccc([N+](=O)[O-])cc1NC(=O)CSc1nnc(-c2ccccc2Cl)n1Cc1ccccc1. The van der Waals surface area contributed by atoms with Gasteiger partial charge in [0.05, 0.1) is 27.9 Å². The molecular weight excluding hydrogens is 474 g/mol. The molecule has 0 bridgehead atoms. The number of carbonyl (C=O) groups is 1. The average molecular weight is 494 g/mol. The number of nitro groups is 1. The van der Waals surface area contributed by atoms with Crippen molar-refractivity contribution in [1.82, 2.24) is 14.8 Å². The Morgan fingerprint density at radius 1 is 1.09 bits per heavy atom. The van der Waals surface area contributed by atoms with E-state index in [0.717, 1.165) is 16.7 Å². The summed E-state index contributed by atoms with van der Waals surface area (Å²) in [5.74, 6) is 0.353. The fourth-order valence-corrected chi connectivity index (χ4v) is 4.28. The number of hydrogen-bond acceptors (Lipinski definition) is 6. The number of aromatic nitrogens is 3. The molecule has 0 aliphatic heterocycles. The van der Waals surface area contributed by atoms with Gasteiger partial charge in [-0.25, -0.2) is 0 Å². The molecule has 1 heterocycles. The van der Waals surface area contributed by atoms with Crippen molar-refractivity contribution in [1.29, 1.82) is 0 Å². The largest absolute Gasteiger partial charge is 0.325 e. The Morgan fingerprint density at radius 2 is 1.82 bits per heavy atom. The van der Waals surface area contributed by atoms with Gasteiger partial charge in [0, 0.05) is 17.7 Å². The number of rotatable bonds is 8. The van der Waals surface area contributed by atoms with E-state index in [-0.39, 0.29) is 17.3 Å². The van der Waals surface area contributed by atoms with Crippen LogP contribution in [0.25, 0.3) is 11.4 Å². The van der Waals surface area contributed by atoms with E-state index in [1.54, 1.807) is 19.1 Å². The first-order valence-corrected chi connectivity index (χ1v) is 11.7. The van der Waals surface area contributed by atoms with Crippen LogP contribution in [0.4, 0.5) is 11.4 Å². The molecule has 4 rings (SSSR count). The molecule has 0 spiro atoms. The van der Waals surface area contributed by atoms with Gasteiger partial charge in [-0.05, 0) is 30.2 Å². The number of non-ortho nitro benzene ring substituents is 1. The fourth-order valence-electron chi connectivity index (χ4n) is 3.32. The summed E-state index contributed by atoms with van der Waals surface area (Å²) >= 11 is 7.64. The lowest BCUT2D eigenvalue weighted by molar-refractivity contribution is -0.384. The Balaban J connectivity index is 1.56. The molecule has 0 radical (unpaired) electrons. The standard InChI is InChI=1S/C24H20ClN5O3S/c1-16-11-12-18(30(32)33)13-21(16)26-22(31)15-34-24-28-27-23(19-9-5-6-10-20(19)25)29(24)14-17-7-3-2-4-8-17/h2-13H,14-15H2,1H3,(H,26,31). The molecule has 1 amide bonds. The number of amides is 1. The lowest BCUT2D eigenvalue weighted by atomic mass is 10.2. The summed E-state index contributed by atoms with van der Waals surface area (Å²) in [4.78, 5) is 23.2. The number of nitro benzene ring substituents is 1. The van der Waals surface area contributed by atoms with Crippen LogP contribution >= 0.6 is 23.4 Å². The second-order valence-corrected chi connectivity index (χ2v) is 8.80. The van der Waals surface area contributed by atoms with E-state index in [1.807, 2.05) is 53.1 Å². The Kier molecular flexibility index (Phi) is 7.24.